The number of ether oxygens (including phenoxy) is 1. The average molecular weight is 632 g/mol. The van der Waals surface area contributed by atoms with Crippen molar-refractivity contribution in [1.82, 2.24) is 20.5 Å². The van der Waals surface area contributed by atoms with Crippen LogP contribution in [0.1, 0.15) is 76.2 Å². The topological polar surface area (TPSA) is 160 Å². The number of fused-ring (bicyclic) bond motifs is 3. The lowest BCUT2D eigenvalue weighted by atomic mass is 10.0. The molecule has 3 fully saturated rings. The Morgan fingerprint density at radius 1 is 1.07 bits per heavy atom. The Balaban J connectivity index is 1.22. The number of carbonyl (C=O) groups excluding carboxylic acids is 3. The molecule has 244 valence electrons. The summed E-state index contributed by atoms with van der Waals surface area (Å²) in [6, 6.07) is 7.55. The molecule has 3 heterocycles. The largest absolute Gasteiger partial charge is 0.479 e. The molecule has 2 aliphatic heterocycles. The number of para-hydroxylation sites is 1. The Kier molecular flexibility index (Phi) is 9.51. The zero-order chi connectivity index (χ0) is 32.1. The van der Waals surface area contributed by atoms with Crippen LogP contribution in [0.5, 0.6) is 0 Å². The summed E-state index contributed by atoms with van der Waals surface area (Å²) in [6.07, 6.45) is 13.2. The molecule has 1 aromatic heterocycles. The van der Waals surface area contributed by atoms with Crippen molar-refractivity contribution in [2.75, 3.05) is 6.54 Å². The fraction of sp³-hybridized carbons (Fsp3) is 0.529. The molecule has 5 atom stereocenters. The van der Waals surface area contributed by atoms with Crippen LogP contribution in [0, 0.1) is 5.92 Å². The van der Waals surface area contributed by atoms with Crippen molar-refractivity contribution in [2.24, 2.45) is 11.1 Å². The van der Waals surface area contributed by atoms with Gasteiger partial charge >= 0.3 is 12.1 Å². The van der Waals surface area contributed by atoms with Gasteiger partial charge in [-0.1, -0.05) is 48.3 Å². The highest BCUT2D eigenvalue weighted by Crippen LogP contribution is 2.45. The Morgan fingerprint density at radius 2 is 1.87 bits per heavy atom. The van der Waals surface area contributed by atoms with Gasteiger partial charge in [0.1, 0.15) is 29.8 Å². The first-order valence-electron chi connectivity index (χ1n) is 16.4. The van der Waals surface area contributed by atoms with Crippen molar-refractivity contribution >= 4 is 41.0 Å². The number of benzene rings is 1. The van der Waals surface area contributed by atoms with Gasteiger partial charge in [-0.25, -0.2) is 9.59 Å². The van der Waals surface area contributed by atoms with E-state index in [1.54, 1.807) is 12.4 Å². The fourth-order valence-electron chi connectivity index (χ4n) is 6.88. The minimum atomic E-state index is -1.41. The number of pyridine rings is 1. The Bertz CT molecular complexity index is 1520. The third-order valence-corrected chi connectivity index (χ3v) is 9.57. The summed E-state index contributed by atoms with van der Waals surface area (Å²) in [5.41, 5.74) is 0.199. The molecule has 1 unspecified atom stereocenters. The Hall–Kier alpha value is -4.48. The number of carboxylic acids is 1. The summed E-state index contributed by atoms with van der Waals surface area (Å²) in [5, 5.41) is 20.7. The maximum Gasteiger partial charge on any atom is 0.408 e. The standard InChI is InChI=1S/C34H41N5O7/c40-30-29-18-25(46-36-20-22-16-17-35-27-14-9-8-13-26(22)27)21-39(29)31(41)28(37-33(44)45-24-11-6-7-12-24)15-5-3-1-2-4-10-23-19-34(23,38-30)32(42)43/h4,8-10,13-14,16-17,20,23-25,28-29H,1-3,5-7,11-12,15,18-19,21H2,(H,37,44)(H,38,40)(H,42,43)/b10-4-,36-20+/t23-,25-,28+,29+,34?/m1/s1. The molecule has 1 aromatic carbocycles. The van der Waals surface area contributed by atoms with Crippen LogP contribution in [0.15, 0.2) is 53.8 Å². The number of rotatable bonds is 6. The number of nitrogens with zero attached hydrogens (tertiary/aromatic N) is 3. The number of carboxylic acid groups (broad SMARTS) is 1. The van der Waals surface area contributed by atoms with E-state index in [4.69, 9.17) is 9.57 Å². The second-order valence-corrected chi connectivity index (χ2v) is 12.8. The predicted molar refractivity (Wildman–Crippen MR) is 169 cm³/mol. The van der Waals surface area contributed by atoms with E-state index in [-0.39, 0.29) is 31.4 Å². The lowest BCUT2D eigenvalue weighted by Gasteiger charge is -2.29. The van der Waals surface area contributed by atoms with Gasteiger partial charge in [-0.05, 0) is 63.5 Å². The van der Waals surface area contributed by atoms with Gasteiger partial charge in [0.2, 0.25) is 11.8 Å². The number of hydrogen-bond donors (Lipinski definition) is 3. The van der Waals surface area contributed by atoms with Crippen molar-refractivity contribution < 1.29 is 33.9 Å². The van der Waals surface area contributed by atoms with Crippen molar-refractivity contribution in [3.63, 3.8) is 0 Å². The summed E-state index contributed by atoms with van der Waals surface area (Å²) in [7, 11) is 0. The molecule has 12 heteroatoms. The van der Waals surface area contributed by atoms with E-state index in [9.17, 15) is 24.3 Å². The van der Waals surface area contributed by atoms with Crippen LogP contribution in [0.3, 0.4) is 0 Å². The van der Waals surface area contributed by atoms with E-state index in [0.717, 1.165) is 61.4 Å². The Morgan fingerprint density at radius 3 is 2.70 bits per heavy atom. The molecule has 12 nitrogen and oxygen atoms in total. The summed E-state index contributed by atoms with van der Waals surface area (Å²) < 4.78 is 5.60. The van der Waals surface area contributed by atoms with E-state index in [0.29, 0.717) is 12.8 Å². The summed E-state index contributed by atoms with van der Waals surface area (Å²) >= 11 is 0. The number of amides is 3. The Labute approximate surface area is 267 Å². The number of carbonyl (C=O) groups is 4. The first-order chi connectivity index (χ1) is 22.3. The van der Waals surface area contributed by atoms with Crippen LogP contribution in [-0.4, -0.2) is 81.5 Å². The molecular weight excluding hydrogens is 590 g/mol. The molecular formula is C34H41N5O7. The molecule has 4 aliphatic rings. The molecule has 46 heavy (non-hydrogen) atoms. The van der Waals surface area contributed by atoms with Gasteiger partial charge in [0, 0.05) is 29.5 Å². The number of nitrogens with one attached hydrogen (secondary N) is 2. The smallest absolute Gasteiger partial charge is 0.408 e. The quantitative estimate of drug-likeness (QED) is 0.244. The molecule has 0 radical (unpaired) electrons. The maximum absolute atomic E-state index is 14.1. The first-order valence-corrected chi connectivity index (χ1v) is 16.4. The molecule has 0 spiro atoms. The number of aromatic nitrogens is 1. The highest BCUT2D eigenvalue weighted by Gasteiger charge is 2.61. The van der Waals surface area contributed by atoms with Crippen LogP contribution in [0.4, 0.5) is 4.79 Å². The van der Waals surface area contributed by atoms with E-state index in [1.807, 2.05) is 42.5 Å². The third kappa shape index (κ3) is 7.00. The maximum atomic E-state index is 14.1. The van der Waals surface area contributed by atoms with E-state index >= 15 is 0 Å². The van der Waals surface area contributed by atoms with Gasteiger partial charge in [0.25, 0.3) is 0 Å². The van der Waals surface area contributed by atoms with Crippen molar-refractivity contribution in [3.05, 3.63) is 54.2 Å². The number of alkyl carbamates (subject to hydrolysis) is 1. The molecule has 2 aromatic rings. The number of allylic oxidation sites excluding steroid dienone is 1. The predicted octanol–water partition coefficient (Wildman–Crippen LogP) is 4.07. The molecule has 2 aliphatic carbocycles. The second-order valence-electron chi connectivity index (χ2n) is 12.8. The molecule has 3 amide bonds. The van der Waals surface area contributed by atoms with Crippen LogP contribution in [-0.2, 0) is 24.0 Å². The minimum absolute atomic E-state index is 0.0462. The molecule has 3 N–H and O–H groups in total. The van der Waals surface area contributed by atoms with Gasteiger partial charge in [0.05, 0.1) is 18.3 Å². The van der Waals surface area contributed by atoms with E-state index in [1.165, 1.54) is 4.90 Å². The van der Waals surface area contributed by atoms with Crippen molar-refractivity contribution in [1.29, 1.82) is 0 Å². The van der Waals surface area contributed by atoms with Gasteiger partial charge in [-0.15, -0.1) is 0 Å². The van der Waals surface area contributed by atoms with Crippen LogP contribution in [0.25, 0.3) is 10.9 Å². The summed E-state index contributed by atoms with van der Waals surface area (Å²) in [5.74, 6) is -2.42. The van der Waals surface area contributed by atoms with E-state index in [2.05, 4.69) is 20.8 Å². The first kappa shape index (κ1) is 31.5. The molecule has 2 saturated carbocycles. The monoisotopic (exact) mass is 631 g/mol. The van der Waals surface area contributed by atoms with Crippen LogP contribution in [0.2, 0.25) is 0 Å². The zero-order valence-electron chi connectivity index (χ0n) is 25.8. The summed E-state index contributed by atoms with van der Waals surface area (Å²) in [6.45, 7) is 0.0462. The highest BCUT2D eigenvalue weighted by atomic mass is 16.6. The second kappa shape index (κ2) is 13.9. The van der Waals surface area contributed by atoms with Gasteiger partial charge in [0.15, 0.2) is 0 Å². The lowest BCUT2D eigenvalue weighted by Crippen LogP contribution is -2.56. The van der Waals surface area contributed by atoms with Crippen LogP contribution < -0.4 is 10.6 Å². The number of aliphatic carboxylic acids is 1. The number of hydrogen-bond acceptors (Lipinski definition) is 8. The average Bonchev–Trinajstić information content (AvgIpc) is 3.33. The number of oxime groups is 1. The third-order valence-electron chi connectivity index (χ3n) is 9.57. The van der Waals surface area contributed by atoms with Gasteiger partial charge in [-0.2, -0.15) is 0 Å². The fourth-order valence-corrected chi connectivity index (χ4v) is 6.88. The molecule has 0 bridgehead atoms. The van der Waals surface area contributed by atoms with Crippen LogP contribution >= 0.6 is 0 Å². The van der Waals surface area contributed by atoms with E-state index < -0.39 is 47.6 Å². The summed E-state index contributed by atoms with van der Waals surface area (Å²) in [4.78, 5) is 64.7. The SMILES string of the molecule is O=C(N[C@H]1CCCCC/C=C\[C@@H]2CC2(C(=O)O)NC(=O)[C@@H]2C[C@@H](O/N=C/c3ccnc4ccccc34)CN2C1=O)OC1CCCC1. The highest BCUT2D eigenvalue weighted by molar-refractivity contribution is 5.98. The van der Waals surface area contributed by atoms with Gasteiger partial charge < -0.3 is 30.2 Å². The normalized spacial score (nSPS) is 29.7. The lowest BCUT2D eigenvalue weighted by molar-refractivity contribution is -0.145. The molecule has 6 rings (SSSR count). The van der Waals surface area contributed by atoms with Crippen molar-refractivity contribution in [2.45, 2.75) is 100 Å². The minimum Gasteiger partial charge on any atom is -0.479 e. The zero-order valence-corrected chi connectivity index (χ0v) is 25.8. The molecule has 1 saturated heterocycles. The van der Waals surface area contributed by atoms with Gasteiger partial charge in [-0.3, -0.25) is 14.6 Å². The van der Waals surface area contributed by atoms with Crippen molar-refractivity contribution in [3.8, 4) is 0 Å².